The fourth-order valence-corrected chi connectivity index (χ4v) is 5.67. The van der Waals surface area contributed by atoms with Crippen LogP contribution in [-0.4, -0.2) is 48.2 Å². The van der Waals surface area contributed by atoms with Gasteiger partial charge in [-0.05, 0) is 50.4 Å². The van der Waals surface area contributed by atoms with E-state index in [0.29, 0.717) is 18.4 Å². The van der Waals surface area contributed by atoms with Crippen molar-refractivity contribution in [3.8, 4) is 11.5 Å². The minimum absolute atomic E-state index is 0.0933. The molecule has 24 heavy (non-hydrogen) atoms. The molecular weight excluding hydrogens is 330 g/mol. The Morgan fingerprint density at radius 1 is 1.42 bits per heavy atom. The molecule has 1 aromatic rings. The van der Waals surface area contributed by atoms with E-state index in [2.05, 4.69) is 29.9 Å². The molecule has 0 radical (unpaired) electrons. The lowest BCUT2D eigenvalue weighted by molar-refractivity contribution is -0.138. The Kier molecular flexibility index (Phi) is 3.79. The number of nitrogens with zero attached hydrogens (tertiary/aromatic N) is 1. The summed E-state index contributed by atoms with van der Waals surface area (Å²) in [6.07, 6.45) is 3.47. The molecule has 4 atom stereocenters. The van der Waals surface area contributed by atoms with Gasteiger partial charge in [0, 0.05) is 23.4 Å². The second-order valence-corrected chi connectivity index (χ2v) is 7.28. The highest BCUT2D eigenvalue weighted by Gasteiger charge is 2.65. The van der Waals surface area contributed by atoms with Crippen LogP contribution in [0, 0.1) is 5.92 Å². The van der Waals surface area contributed by atoms with Crippen LogP contribution >= 0.6 is 11.9 Å². The van der Waals surface area contributed by atoms with Gasteiger partial charge in [0.05, 0.1) is 19.0 Å². The van der Waals surface area contributed by atoms with E-state index in [0.717, 1.165) is 37.3 Å². The Morgan fingerprint density at radius 2 is 2.21 bits per heavy atom. The Morgan fingerprint density at radius 3 is 2.96 bits per heavy atom. The van der Waals surface area contributed by atoms with Gasteiger partial charge in [-0.25, -0.2) is 0 Å². The summed E-state index contributed by atoms with van der Waals surface area (Å²) in [5.41, 5.74) is 2.57. The summed E-state index contributed by atoms with van der Waals surface area (Å²) in [6, 6.07) is 4.73. The van der Waals surface area contributed by atoms with Crippen molar-refractivity contribution in [2.45, 2.75) is 43.2 Å². The van der Waals surface area contributed by atoms with Gasteiger partial charge in [-0.2, -0.15) is 0 Å². The zero-order valence-corrected chi connectivity index (χ0v) is 14.7. The zero-order valence-electron chi connectivity index (χ0n) is 13.9. The van der Waals surface area contributed by atoms with Gasteiger partial charge in [0.1, 0.15) is 0 Å². The third-order valence-electron chi connectivity index (χ3n) is 6.59. The fraction of sp³-hybridized carbons (Fsp3) is 0.611. The maximum atomic E-state index is 12.6. The molecule has 2 aliphatic heterocycles. The van der Waals surface area contributed by atoms with E-state index in [1.807, 2.05) is 6.07 Å². The molecule has 1 spiro atoms. The van der Waals surface area contributed by atoms with Crippen molar-refractivity contribution in [2.75, 3.05) is 20.7 Å². The van der Waals surface area contributed by atoms with E-state index >= 15 is 0 Å². The number of hydrogen-bond acceptors (Lipinski definition) is 5. The van der Waals surface area contributed by atoms with E-state index in [9.17, 15) is 4.79 Å². The van der Waals surface area contributed by atoms with Gasteiger partial charge in [-0.15, -0.1) is 0 Å². The molecule has 5 nitrogen and oxygen atoms in total. The summed E-state index contributed by atoms with van der Waals surface area (Å²) >= 11 is 3.64. The highest BCUT2D eigenvalue weighted by molar-refractivity contribution is 6.04. The minimum atomic E-state index is -0.284. The number of piperidine rings is 1. The number of ether oxygens (including phenoxy) is 2. The van der Waals surface area contributed by atoms with Crippen LogP contribution < -0.4 is 9.47 Å². The monoisotopic (exact) mass is 351 g/mol. The summed E-state index contributed by atoms with van der Waals surface area (Å²) in [6.45, 7) is 1.05. The highest BCUT2D eigenvalue weighted by Crippen LogP contribution is 2.62. The maximum absolute atomic E-state index is 12.6. The van der Waals surface area contributed by atoms with Crippen LogP contribution in [0.3, 0.4) is 0 Å². The summed E-state index contributed by atoms with van der Waals surface area (Å²) in [7, 11) is 3.91. The molecule has 0 unspecified atom stereocenters. The van der Waals surface area contributed by atoms with E-state index in [4.69, 9.17) is 14.1 Å². The van der Waals surface area contributed by atoms with Crippen LogP contribution in [0.15, 0.2) is 12.1 Å². The molecule has 2 heterocycles. The van der Waals surface area contributed by atoms with E-state index in [-0.39, 0.29) is 17.3 Å². The second kappa shape index (κ2) is 5.61. The molecule has 4 aliphatic rings. The highest BCUT2D eigenvalue weighted by atomic mass is 35.5. The predicted molar refractivity (Wildman–Crippen MR) is 89.6 cm³/mol. The van der Waals surface area contributed by atoms with E-state index < -0.39 is 0 Å². The van der Waals surface area contributed by atoms with Crippen molar-refractivity contribution in [1.29, 1.82) is 0 Å². The van der Waals surface area contributed by atoms with Crippen LogP contribution in [0.5, 0.6) is 11.5 Å². The van der Waals surface area contributed by atoms with Gasteiger partial charge in [-0.3, -0.25) is 9.45 Å². The number of ketones is 1. The van der Waals surface area contributed by atoms with Gasteiger partial charge < -0.3 is 14.4 Å². The van der Waals surface area contributed by atoms with Crippen molar-refractivity contribution in [1.82, 2.24) is 4.90 Å². The SMILES string of the molecule is COc1ccc2c3c1O[C@H]1C(=O)CC[C@H]4[C@@H](C2)N(C)CC[C@]314.OCl. The van der Waals surface area contributed by atoms with E-state index in [1.54, 1.807) is 7.11 Å². The Balaban J connectivity index is 0.000000704. The minimum Gasteiger partial charge on any atom is -0.493 e. The lowest BCUT2D eigenvalue weighted by atomic mass is 9.52. The van der Waals surface area contributed by atoms with Crippen molar-refractivity contribution in [3.05, 3.63) is 23.3 Å². The van der Waals surface area contributed by atoms with Gasteiger partial charge in [0.2, 0.25) is 0 Å². The molecule has 130 valence electrons. The smallest absolute Gasteiger partial charge is 0.174 e. The number of hydrogen-bond donors (Lipinski definition) is 1. The van der Waals surface area contributed by atoms with Gasteiger partial charge in [0.15, 0.2) is 23.4 Å². The van der Waals surface area contributed by atoms with Gasteiger partial charge in [-0.1, -0.05) is 6.07 Å². The summed E-state index contributed by atoms with van der Waals surface area (Å²) in [5.74, 6) is 2.46. The van der Waals surface area contributed by atoms with Crippen molar-refractivity contribution in [2.24, 2.45) is 5.92 Å². The molecule has 5 rings (SSSR count). The largest absolute Gasteiger partial charge is 0.493 e. The first kappa shape index (κ1) is 16.2. The number of rotatable bonds is 1. The quantitative estimate of drug-likeness (QED) is 0.839. The first-order valence-electron chi connectivity index (χ1n) is 8.43. The molecule has 0 aromatic heterocycles. The molecule has 2 bridgehead atoms. The fourth-order valence-electron chi connectivity index (χ4n) is 5.67. The number of halogens is 1. The number of methoxy groups -OCH3 is 1. The van der Waals surface area contributed by atoms with Crippen LogP contribution in [-0.2, 0) is 16.6 Å². The first-order valence-corrected chi connectivity index (χ1v) is 8.77. The van der Waals surface area contributed by atoms with Crippen LogP contribution in [0.2, 0.25) is 0 Å². The molecule has 2 aliphatic carbocycles. The summed E-state index contributed by atoms with van der Waals surface area (Å²) < 4.78 is 18.2. The predicted octanol–water partition coefficient (Wildman–Crippen LogP) is 2.07. The number of benzene rings is 1. The third kappa shape index (κ3) is 1.81. The van der Waals surface area contributed by atoms with Crippen molar-refractivity contribution in [3.63, 3.8) is 0 Å². The van der Waals surface area contributed by atoms with Gasteiger partial charge >= 0.3 is 0 Å². The van der Waals surface area contributed by atoms with Crippen molar-refractivity contribution >= 4 is 17.6 Å². The molecular formula is C18H22ClNO4. The number of likely N-dealkylation sites (N-methyl/N-ethyl adjacent to an activating group) is 1. The summed E-state index contributed by atoms with van der Waals surface area (Å²) in [4.78, 5) is 15.1. The van der Waals surface area contributed by atoms with Crippen LogP contribution in [0.1, 0.15) is 30.4 Å². The zero-order chi connectivity index (χ0) is 17.1. The molecule has 0 amide bonds. The first-order chi connectivity index (χ1) is 11.7. The van der Waals surface area contributed by atoms with Crippen LogP contribution in [0.4, 0.5) is 0 Å². The maximum Gasteiger partial charge on any atom is 0.174 e. The average molecular weight is 352 g/mol. The lowest BCUT2D eigenvalue weighted by Crippen LogP contribution is -2.65. The Hall–Kier alpha value is -1.30. The molecule has 1 saturated carbocycles. The number of Topliss-reactive ketones (excluding diaryl/α,β-unsaturated/α-hetero) is 1. The second-order valence-electron chi connectivity index (χ2n) is 7.28. The number of carbonyl (C=O) groups excluding carboxylic acids is 1. The standard InChI is InChI=1S/C18H21NO3.ClHO/c1-19-8-7-18-11-4-5-13(20)17(18)22-16-14(21-2)6-3-10(15(16)18)9-12(11)19;1-2/h3,6,11-12,17H,4-5,7-9H2,1-2H3;2H/t11-,12+,17-,18-;/m0./s1. The summed E-state index contributed by atoms with van der Waals surface area (Å²) in [5, 5.41) is 0. The Bertz CT molecular complexity index is 694. The van der Waals surface area contributed by atoms with E-state index in [1.165, 1.54) is 11.1 Å². The molecule has 6 heteroatoms. The molecule has 1 N–H and O–H groups in total. The molecule has 1 saturated heterocycles. The topological polar surface area (TPSA) is 59.0 Å². The third-order valence-corrected chi connectivity index (χ3v) is 6.59. The normalized spacial score (nSPS) is 35.5. The van der Waals surface area contributed by atoms with Crippen molar-refractivity contribution < 1.29 is 18.9 Å². The van der Waals surface area contributed by atoms with Gasteiger partial charge in [0.25, 0.3) is 0 Å². The molecule has 2 fully saturated rings. The lowest BCUT2D eigenvalue weighted by Gasteiger charge is -2.57. The number of carbonyl (C=O) groups is 1. The molecule has 1 aromatic carbocycles. The average Bonchev–Trinajstić information content (AvgIpc) is 2.97. The van der Waals surface area contributed by atoms with Crippen LogP contribution in [0.25, 0.3) is 0 Å². The Labute approximate surface area is 146 Å². The number of likely N-dealkylation sites (tertiary alicyclic amines) is 1.